The van der Waals surface area contributed by atoms with Gasteiger partial charge in [-0.05, 0) is 13.0 Å². The first-order valence-electron chi connectivity index (χ1n) is 4.28. The number of thioether (sulfide) groups is 1. The molecule has 1 aromatic rings. The van der Waals surface area contributed by atoms with Gasteiger partial charge in [0.05, 0.1) is 6.61 Å². The minimum Gasteiger partial charge on any atom is -0.383 e. The lowest BCUT2D eigenvalue weighted by atomic mass is 10.5. The minimum absolute atomic E-state index is 0.0191. The highest BCUT2D eigenvalue weighted by molar-refractivity contribution is 8.00. The van der Waals surface area contributed by atoms with Gasteiger partial charge in [-0.25, -0.2) is 4.79 Å². The largest absolute Gasteiger partial charge is 0.383 e. The van der Waals surface area contributed by atoms with E-state index in [1.165, 1.54) is 0 Å². The van der Waals surface area contributed by atoms with Crippen LogP contribution in [0.15, 0.2) is 17.1 Å². The first-order valence-corrected chi connectivity index (χ1v) is 5.23. The van der Waals surface area contributed by atoms with Crippen LogP contribution < -0.4 is 11.4 Å². The van der Waals surface area contributed by atoms with E-state index in [1.807, 2.05) is 6.92 Å². The Kier molecular flexibility index (Phi) is 2.47. The Morgan fingerprint density at radius 1 is 1.79 bits per heavy atom. The van der Waals surface area contributed by atoms with Crippen molar-refractivity contribution in [3.8, 4) is 0 Å². The van der Waals surface area contributed by atoms with Gasteiger partial charge in [-0.2, -0.15) is 4.98 Å². The molecule has 0 saturated carbocycles. The molecule has 2 N–H and O–H groups in total. The Morgan fingerprint density at radius 2 is 2.57 bits per heavy atom. The van der Waals surface area contributed by atoms with Crippen molar-refractivity contribution in [3.05, 3.63) is 22.7 Å². The van der Waals surface area contributed by atoms with Crippen LogP contribution in [-0.4, -0.2) is 21.6 Å². The van der Waals surface area contributed by atoms with E-state index in [0.29, 0.717) is 6.61 Å². The molecule has 2 rings (SSSR count). The first-order chi connectivity index (χ1) is 6.66. The first kappa shape index (κ1) is 9.54. The topological polar surface area (TPSA) is 70.1 Å². The molecule has 2 heterocycles. The maximum absolute atomic E-state index is 11.4. The maximum atomic E-state index is 11.4. The average molecular weight is 213 g/mol. The zero-order valence-electron chi connectivity index (χ0n) is 7.71. The number of anilines is 1. The molecule has 0 bridgehead atoms. The van der Waals surface area contributed by atoms with Crippen LogP contribution in [0.25, 0.3) is 0 Å². The predicted molar refractivity (Wildman–Crippen MR) is 55.0 cm³/mol. The van der Waals surface area contributed by atoms with Crippen molar-refractivity contribution in [3.63, 3.8) is 0 Å². The molecular weight excluding hydrogens is 202 g/mol. The van der Waals surface area contributed by atoms with Crippen LogP contribution in [-0.2, 0) is 4.74 Å². The molecule has 0 amide bonds. The molecule has 0 radical (unpaired) electrons. The van der Waals surface area contributed by atoms with Crippen LogP contribution in [0.1, 0.15) is 12.3 Å². The molecule has 0 aliphatic carbocycles. The zero-order valence-corrected chi connectivity index (χ0v) is 8.53. The van der Waals surface area contributed by atoms with Gasteiger partial charge in [0, 0.05) is 6.20 Å². The van der Waals surface area contributed by atoms with Crippen molar-refractivity contribution in [2.45, 2.75) is 17.7 Å². The Bertz CT molecular complexity index is 392. The van der Waals surface area contributed by atoms with E-state index < -0.39 is 0 Å². The maximum Gasteiger partial charge on any atom is 0.350 e. The Hall–Kier alpha value is -1.01. The van der Waals surface area contributed by atoms with Crippen LogP contribution in [0.5, 0.6) is 0 Å². The van der Waals surface area contributed by atoms with Gasteiger partial charge in [0.1, 0.15) is 16.6 Å². The molecule has 1 aliphatic rings. The zero-order chi connectivity index (χ0) is 10.1. The highest BCUT2D eigenvalue weighted by atomic mass is 32.2. The van der Waals surface area contributed by atoms with E-state index >= 15 is 0 Å². The lowest BCUT2D eigenvalue weighted by molar-refractivity contribution is 0.136. The van der Waals surface area contributed by atoms with E-state index in [4.69, 9.17) is 10.5 Å². The monoisotopic (exact) mass is 213 g/mol. The van der Waals surface area contributed by atoms with Crippen molar-refractivity contribution in [2.24, 2.45) is 0 Å². The molecule has 1 aromatic heterocycles. The van der Waals surface area contributed by atoms with Crippen molar-refractivity contribution in [1.29, 1.82) is 0 Å². The number of nitrogen functional groups attached to an aromatic ring is 1. The van der Waals surface area contributed by atoms with Gasteiger partial charge in [-0.15, -0.1) is 11.8 Å². The van der Waals surface area contributed by atoms with E-state index in [9.17, 15) is 4.79 Å². The third kappa shape index (κ3) is 1.76. The van der Waals surface area contributed by atoms with Gasteiger partial charge in [-0.3, -0.25) is 4.57 Å². The molecule has 6 heteroatoms. The molecule has 0 aromatic carbocycles. The molecule has 1 saturated heterocycles. The fourth-order valence-corrected chi connectivity index (χ4v) is 2.36. The van der Waals surface area contributed by atoms with Gasteiger partial charge < -0.3 is 10.5 Å². The van der Waals surface area contributed by atoms with Crippen molar-refractivity contribution < 1.29 is 4.74 Å². The van der Waals surface area contributed by atoms with Crippen molar-refractivity contribution in [2.75, 3.05) is 12.3 Å². The number of hydrogen-bond donors (Lipinski definition) is 1. The van der Waals surface area contributed by atoms with Crippen molar-refractivity contribution >= 4 is 17.6 Å². The summed E-state index contributed by atoms with van der Waals surface area (Å²) in [6.07, 6.45) is 1.66. The molecule has 76 valence electrons. The van der Waals surface area contributed by atoms with Crippen LogP contribution in [0, 0.1) is 0 Å². The van der Waals surface area contributed by atoms with Gasteiger partial charge in [0.2, 0.25) is 0 Å². The van der Waals surface area contributed by atoms with E-state index in [2.05, 4.69) is 4.98 Å². The van der Waals surface area contributed by atoms with Gasteiger partial charge in [0.15, 0.2) is 0 Å². The summed E-state index contributed by atoms with van der Waals surface area (Å²) >= 11 is 1.60. The Labute approximate surface area is 85.3 Å². The molecule has 1 aliphatic heterocycles. The fourth-order valence-electron chi connectivity index (χ4n) is 1.31. The number of aromatic nitrogens is 2. The second kappa shape index (κ2) is 3.62. The standard InChI is InChI=1S/C8H11N3O2S/c1-5-13-4-7(14-5)11-3-2-6(9)10-8(11)12/h2-3,5,7H,4H2,1H3,(H2,9,10,12)/t5-,7-/m1/s1. The van der Waals surface area contributed by atoms with Gasteiger partial charge >= 0.3 is 5.69 Å². The Morgan fingerprint density at radius 3 is 3.14 bits per heavy atom. The summed E-state index contributed by atoms with van der Waals surface area (Å²) < 4.78 is 6.90. The second-order valence-electron chi connectivity index (χ2n) is 3.03. The minimum atomic E-state index is -0.319. The van der Waals surface area contributed by atoms with Crippen LogP contribution in [0.2, 0.25) is 0 Å². The fraction of sp³-hybridized carbons (Fsp3) is 0.500. The number of nitrogens with zero attached hydrogens (tertiary/aromatic N) is 2. The summed E-state index contributed by atoms with van der Waals surface area (Å²) in [5, 5.41) is 0.0191. The highest BCUT2D eigenvalue weighted by Crippen LogP contribution is 2.33. The van der Waals surface area contributed by atoms with Crippen LogP contribution in [0.3, 0.4) is 0 Å². The number of hydrogen-bond acceptors (Lipinski definition) is 5. The SMILES string of the molecule is C[C@@H]1OC[C@H](n2ccc(N)nc2=O)S1. The summed E-state index contributed by atoms with van der Waals surface area (Å²) in [6, 6.07) is 1.62. The van der Waals surface area contributed by atoms with Crippen molar-refractivity contribution in [1.82, 2.24) is 9.55 Å². The smallest absolute Gasteiger partial charge is 0.350 e. The van der Waals surface area contributed by atoms with Crippen LogP contribution >= 0.6 is 11.8 Å². The summed E-state index contributed by atoms with van der Waals surface area (Å²) in [5.41, 5.74) is 5.20. The number of nitrogens with two attached hydrogens (primary N) is 1. The molecule has 2 atom stereocenters. The summed E-state index contributed by atoms with van der Waals surface area (Å²) in [6.45, 7) is 2.50. The molecule has 0 unspecified atom stereocenters. The molecule has 5 nitrogen and oxygen atoms in total. The Balaban J connectivity index is 2.29. The highest BCUT2D eigenvalue weighted by Gasteiger charge is 2.24. The van der Waals surface area contributed by atoms with Gasteiger partial charge in [-0.1, -0.05) is 0 Å². The third-order valence-electron chi connectivity index (χ3n) is 1.98. The average Bonchev–Trinajstić information content (AvgIpc) is 2.51. The van der Waals surface area contributed by atoms with Crippen LogP contribution in [0.4, 0.5) is 5.82 Å². The molecule has 1 fully saturated rings. The summed E-state index contributed by atoms with van der Waals surface area (Å²) in [7, 11) is 0. The van der Waals surface area contributed by atoms with Gasteiger partial charge in [0.25, 0.3) is 0 Å². The summed E-state index contributed by atoms with van der Waals surface area (Å²) in [5.74, 6) is 0.253. The quantitative estimate of drug-likeness (QED) is 0.732. The lowest BCUT2D eigenvalue weighted by Gasteiger charge is -2.09. The van der Waals surface area contributed by atoms with E-state index in [-0.39, 0.29) is 22.3 Å². The number of ether oxygens (including phenoxy) is 1. The lowest BCUT2D eigenvalue weighted by Crippen LogP contribution is -2.26. The normalized spacial score (nSPS) is 26.6. The predicted octanol–water partition coefficient (Wildman–Crippen LogP) is 0.434. The van der Waals surface area contributed by atoms with E-state index in [0.717, 1.165) is 0 Å². The second-order valence-corrected chi connectivity index (χ2v) is 4.51. The van der Waals surface area contributed by atoms with E-state index in [1.54, 1.807) is 28.6 Å². The summed E-state index contributed by atoms with van der Waals surface area (Å²) in [4.78, 5) is 15.1. The molecular formula is C8H11N3O2S. The molecule has 0 spiro atoms. The number of rotatable bonds is 1. The molecule has 14 heavy (non-hydrogen) atoms. The third-order valence-corrected chi connectivity index (χ3v) is 3.18.